The van der Waals surface area contributed by atoms with Gasteiger partial charge in [0.05, 0.1) is 0 Å². The van der Waals surface area contributed by atoms with E-state index in [2.05, 4.69) is 17.1 Å². The summed E-state index contributed by atoms with van der Waals surface area (Å²) in [5.41, 5.74) is 1.52. The minimum absolute atomic E-state index is 0.174. The fourth-order valence-electron chi connectivity index (χ4n) is 1.91. The number of allylic oxidation sites excluding steroid dienone is 2. The minimum atomic E-state index is 0.174. The van der Waals surface area contributed by atoms with Gasteiger partial charge in [0.25, 0.3) is 0 Å². The quantitative estimate of drug-likeness (QED) is 0.556. The van der Waals surface area contributed by atoms with Crippen LogP contribution < -0.4 is 0 Å². The Hall–Kier alpha value is -1.44. The van der Waals surface area contributed by atoms with Crippen molar-refractivity contribution >= 4 is 5.78 Å². The molecule has 1 heterocycles. The summed E-state index contributed by atoms with van der Waals surface area (Å²) in [6.45, 7) is 1.91. The molecule has 0 radical (unpaired) electrons. The van der Waals surface area contributed by atoms with Crippen molar-refractivity contribution in [3.63, 3.8) is 0 Å². The number of carbonyl (C=O) groups excluding carboxylic acids is 1. The first-order valence-corrected chi connectivity index (χ1v) is 5.37. The predicted octanol–water partition coefficient (Wildman–Crippen LogP) is 2.93. The van der Waals surface area contributed by atoms with Gasteiger partial charge in [-0.2, -0.15) is 0 Å². The number of Topliss-reactive ketones (excluding diaryl/α,β-unsaturated/α-hetero) is 1. The molecule has 0 amide bonds. The van der Waals surface area contributed by atoms with Gasteiger partial charge >= 0.3 is 0 Å². The summed E-state index contributed by atoms with van der Waals surface area (Å²) >= 11 is 0. The average Bonchev–Trinajstić information content (AvgIpc) is 2.70. The SMILES string of the molecule is Cc1cccc(C(=O)CC2CC=CC2)n1. The van der Waals surface area contributed by atoms with Crippen molar-refractivity contribution in [1.29, 1.82) is 0 Å². The smallest absolute Gasteiger partial charge is 0.181 e. The Morgan fingerprint density at radius 3 is 2.80 bits per heavy atom. The number of nitrogens with zero attached hydrogens (tertiary/aromatic N) is 1. The van der Waals surface area contributed by atoms with Gasteiger partial charge in [-0.15, -0.1) is 0 Å². The van der Waals surface area contributed by atoms with Gasteiger partial charge in [-0.1, -0.05) is 18.2 Å². The van der Waals surface area contributed by atoms with Crippen molar-refractivity contribution in [3.05, 3.63) is 41.7 Å². The van der Waals surface area contributed by atoms with E-state index in [9.17, 15) is 4.79 Å². The van der Waals surface area contributed by atoms with Crippen LogP contribution in [-0.2, 0) is 0 Å². The van der Waals surface area contributed by atoms with Crippen LogP contribution in [0.15, 0.2) is 30.4 Å². The monoisotopic (exact) mass is 201 g/mol. The van der Waals surface area contributed by atoms with Crippen molar-refractivity contribution in [2.45, 2.75) is 26.2 Å². The van der Waals surface area contributed by atoms with Crippen molar-refractivity contribution in [1.82, 2.24) is 4.98 Å². The normalized spacial score (nSPS) is 15.8. The number of pyridine rings is 1. The molecule has 0 N–H and O–H groups in total. The van der Waals surface area contributed by atoms with E-state index < -0.39 is 0 Å². The highest BCUT2D eigenvalue weighted by atomic mass is 16.1. The molecule has 0 saturated carbocycles. The van der Waals surface area contributed by atoms with Gasteiger partial charge < -0.3 is 0 Å². The van der Waals surface area contributed by atoms with Gasteiger partial charge in [0.2, 0.25) is 0 Å². The summed E-state index contributed by atoms with van der Waals surface area (Å²) in [6, 6.07) is 5.61. The van der Waals surface area contributed by atoms with E-state index in [4.69, 9.17) is 0 Å². The molecule has 0 aliphatic heterocycles. The first kappa shape index (κ1) is 10.1. The molecule has 0 fully saturated rings. The highest BCUT2D eigenvalue weighted by Crippen LogP contribution is 2.22. The number of ketones is 1. The summed E-state index contributed by atoms with van der Waals surface area (Å²) in [7, 11) is 0. The molecule has 1 aliphatic rings. The Balaban J connectivity index is 2.01. The lowest BCUT2D eigenvalue weighted by Crippen LogP contribution is -2.08. The summed E-state index contributed by atoms with van der Waals surface area (Å²) in [5.74, 6) is 0.673. The first-order chi connectivity index (χ1) is 7.25. The number of hydrogen-bond acceptors (Lipinski definition) is 2. The van der Waals surface area contributed by atoms with E-state index in [1.807, 2.05) is 19.1 Å². The Labute approximate surface area is 90.0 Å². The second-order valence-electron chi connectivity index (χ2n) is 4.10. The standard InChI is InChI=1S/C13H15NO/c1-10-5-4-8-12(14-10)13(15)9-11-6-2-3-7-11/h2-5,8,11H,6-7,9H2,1H3. The molecule has 78 valence electrons. The maximum atomic E-state index is 11.9. The lowest BCUT2D eigenvalue weighted by atomic mass is 9.98. The van der Waals surface area contributed by atoms with E-state index in [-0.39, 0.29) is 5.78 Å². The van der Waals surface area contributed by atoms with E-state index in [0.717, 1.165) is 18.5 Å². The third kappa shape index (κ3) is 2.52. The molecule has 1 aromatic rings. The fourth-order valence-corrected chi connectivity index (χ4v) is 1.91. The van der Waals surface area contributed by atoms with E-state index in [0.29, 0.717) is 18.0 Å². The van der Waals surface area contributed by atoms with Crippen LogP contribution in [0.1, 0.15) is 35.4 Å². The van der Waals surface area contributed by atoms with Gasteiger partial charge in [-0.3, -0.25) is 9.78 Å². The van der Waals surface area contributed by atoms with E-state index >= 15 is 0 Å². The van der Waals surface area contributed by atoms with Gasteiger partial charge in [0.15, 0.2) is 5.78 Å². The molecule has 0 aromatic carbocycles. The summed E-state index contributed by atoms with van der Waals surface area (Å²) in [4.78, 5) is 16.1. The Bertz CT molecular complexity index is 387. The number of aromatic nitrogens is 1. The molecule has 15 heavy (non-hydrogen) atoms. The second-order valence-corrected chi connectivity index (χ2v) is 4.10. The van der Waals surface area contributed by atoms with Crippen LogP contribution in [0, 0.1) is 12.8 Å². The summed E-state index contributed by atoms with van der Waals surface area (Å²) in [5, 5.41) is 0. The molecule has 1 aromatic heterocycles. The fraction of sp³-hybridized carbons (Fsp3) is 0.385. The third-order valence-corrected chi connectivity index (χ3v) is 2.75. The molecular weight excluding hydrogens is 186 g/mol. The zero-order valence-corrected chi connectivity index (χ0v) is 8.94. The van der Waals surface area contributed by atoms with Crippen LogP contribution in [0.3, 0.4) is 0 Å². The number of aryl methyl sites for hydroxylation is 1. The molecule has 0 saturated heterocycles. The number of carbonyl (C=O) groups is 1. The first-order valence-electron chi connectivity index (χ1n) is 5.37. The molecular formula is C13H15NO. The lowest BCUT2D eigenvalue weighted by Gasteiger charge is -2.07. The van der Waals surface area contributed by atoms with E-state index in [1.54, 1.807) is 6.07 Å². The van der Waals surface area contributed by atoms with Crippen molar-refractivity contribution in [3.8, 4) is 0 Å². The van der Waals surface area contributed by atoms with Crippen molar-refractivity contribution in [2.24, 2.45) is 5.92 Å². The summed E-state index contributed by atoms with van der Waals surface area (Å²) < 4.78 is 0. The zero-order valence-electron chi connectivity index (χ0n) is 8.94. The lowest BCUT2D eigenvalue weighted by molar-refractivity contribution is 0.0958. The summed E-state index contributed by atoms with van der Waals surface area (Å²) in [6.07, 6.45) is 7.02. The minimum Gasteiger partial charge on any atom is -0.292 e. The molecule has 2 nitrogen and oxygen atoms in total. The highest BCUT2D eigenvalue weighted by Gasteiger charge is 2.16. The third-order valence-electron chi connectivity index (χ3n) is 2.75. The zero-order chi connectivity index (χ0) is 10.7. The van der Waals surface area contributed by atoms with Gasteiger partial charge in [-0.05, 0) is 37.8 Å². The molecule has 2 heteroatoms. The van der Waals surface area contributed by atoms with Gasteiger partial charge in [0, 0.05) is 12.1 Å². The number of rotatable bonds is 3. The van der Waals surface area contributed by atoms with Crippen LogP contribution in [0.4, 0.5) is 0 Å². The Morgan fingerprint density at radius 2 is 2.13 bits per heavy atom. The van der Waals surface area contributed by atoms with Crippen LogP contribution in [0.5, 0.6) is 0 Å². The average molecular weight is 201 g/mol. The van der Waals surface area contributed by atoms with Gasteiger partial charge in [0.1, 0.15) is 5.69 Å². The molecule has 0 atom stereocenters. The van der Waals surface area contributed by atoms with Crippen LogP contribution in [-0.4, -0.2) is 10.8 Å². The maximum Gasteiger partial charge on any atom is 0.181 e. The molecule has 2 rings (SSSR count). The molecule has 1 aliphatic carbocycles. The molecule has 0 unspecified atom stereocenters. The molecule has 0 bridgehead atoms. The Morgan fingerprint density at radius 1 is 1.40 bits per heavy atom. The van der Waals surface area contributed by atoms with Gasteiger partial charge in [-0.25, -0.2) is 0 Å². The van der Waals surface area contributed by atoms with Crippen LogP contribution in [0.25, 0.3) is 0 Å². The van der Waals surface area contributed by atoms with Crippen LogP contribution >= 0.6 is 0 Å². The Kier molecular flexibility index (Phi) is 2.95. The second kappa shape index (κ2) is 4.39. The topological polar surface area (TPSA) is 30.0 Å². The van der Waals surface area contributed by atoms with E-state index in [1.165, 1.54) is 0 Å². The van der Waals surface area contributed by atoms with Crippen LogP contribution in [0.2, 0.25) is 0 Å². The predicted molar refractivity (Wildman–Crippen MR) is 59.8 cm³/mol. The van der Waals surface area contributed by atoms with Crippen molar-refractivity contribution in [2.75, 3.05) is 0 Å². The highest BCUT2D eigenvalue weighted by molar-refractivity contribution is 5.94. The largest absolute Gasteiger partial charge is 0.292 e. The molecule has 0 spiro atoms. The number of hydrogen-bond donors (Lipinski definition) is 0. The maximum absolute atomic E-state index is 11.9. The van der Waals surface area contributed by atoms with Crippen molar-refractivity contribution < 1.29 is 4.79 Å².